The van der Waals surface area contributed by atoms with Gasteiger partial charge in [-0.05, 0) is 19.1 Å². The molecule has 1 aromatic rings. The highest BCUT2D eigenvalue weighted by Crippen LogP contribution is 2.14. The summed E-state index contributed by atoms with van der Waals surface area (Å²) in [7, 11) is -3.77. The first-order chi connectivity index (χ1) is 10.0. The van der Waals surface area contributed by atoms with Crippen LogP contribution in [0.2, 0.25) is 0 Å². The van der Waals surface area contributed by atoms with Crippen molar-refractivity contribution in [3.05, 3.63) is 29.8 Å². The zero-order valence-electron chi connectivity index (χ0n) is 13.2. The summed E-state index contributed by atoms with van der Waals surface area (Å²) in [6, 6.07) is 6.22. The summed E-state index contributed by atoms with van der Waals surface area (Å²) in [5.41, 5.74) is 0.320. The average Bonchev–Trinajstić information content (AvgIpc) is 2.42. The fourth-order valence-corrected chi connectivity index (χ4v) is 2.34. The summed E-state index contributed by atoms with van der Waals surface area (Å²) in [6.45, 7) is 6.09. The molecule has 6 nitrogen and oxygen atoms in total. The predicted molar refractivity (Wildman–Crippen MR) is 81.8 cm³/mol. The topological polar surface area (TPSA) is 89.5 Å². The van der Waals surface area contributed by atoms with Crippen LogP contribution in [0.25, 0.3) is 0 Å². The van der Waals surface area contributed by atoms with E-state index in [2.05, 4.69) is 4.72 Å². The van der Waals surface area contributed by atoms with Gasteiger partial charge >= 0.3 is 5.97 Å². The van der Waals surface area contributed by atoms with Crippen molar-refractivity contribution in [2.75, 3.05) is 13.2 Å². The van der Waals surface area contributed by atoms with Gasteiger partial charge in [-0.25, -0.2) is 8.42 Å². The number of hydrogen-bond acceptors (Lipinski definition) is 5. The summed E-state index contributed by atoms with van der Waals surface area (Å²) >= 11 is 0. The van der Waals surface area contributed by atoms with Crippen molar-refractivity contribution in [2.45, 2.75) is 32.6 Å². The highest BCUT2D eigenvalue weighted by molar-refractivity contribution is 7.89. The second kappa shape index (κ2) is 7.02. The number of carbonyl (C=O) groups excluding carboxylic acids is 2. The van der Waals surface area contributed by atoms with Crippen molar-refractivity contribution >= 4 is 21.8 Å². The van der Waals surface area contributed by atoms with Gasteiger partial charge in [-0.2, -0.15) is 4.72 Å². The van der Waals surface area contributed by atoms with E-state index in [1.165, 1.54) is 12.1 Å². The SMILES string of the molecule is Cc1ccc(S(=O)(=O)NCC(=O)OCC(=O)C(C)(C)C)cc1. The van der Waals surface area contributed by atoms with E-state index < -0.39 is 28.0 Å². The quantitative estimate of drug-likeness (QED) is 0.798. The minimum absolute atomic E-state index is 0.0664. The molecule has 0 saturated heterocycles. The molecule has 7 heteroatoms. The fourth-order valence-electron chi connectivity index (χ4n) is 1.37. The number of carbonyl (C=O) groups is 2. The summed E-state index contributed by atoms with van der Waals surface area (Å²) in [4.78, 5) is 23.2. The highest BCUT2D eigenvalue weighted by Gasteiger charge is 2.23. The largest absolute Gasteiger partial charge is 0.457 e. The Hall–Kier alpha value is -1.73. The molecular formula is C15H21NO5S. The molecule has 0 aromatic heterocycles. The molecule has 0 aliphatic rings. The van der Waals surface area contributed by atoms with Crippen LogP contribution in [0.5, 0.6) is 0 Å². The summed E-state index contributed by atoms with van der Waals surface area (Å²) in [6.07, 6.45) is 0. The summed E-state index contributed by atoms with van der Waals surface area (Å²) < 4.78 is 30.8. The molecule has 0 saturated carbocycles. The molecular weight excluding hydrogens is 306 g/mol. The van der Waals surface area contributed by atoms with E-state index in [-0.39, 0.29) is 17.3 Å². The first-order valence-corrected chi connectivity index (χ1v) is 8.26. The third-order valence-corrected chi connectivity index (χ3v) is 4.36. The Balaban J connectivity index is 2.53. The van der Waals surface area contributed by atoms with Crippen LogP contribution in [0.4, 0.5) is 0 Å². The second-order valence-corrected chi connectivity index (χ2v) is 7.74. The van der Waals surface area contributed by atoms with E-state index >= 15 is 0 Å². The van der Waals surface area contributed by atoms with Crippen molar-refractivity contribution in [1.82, 2.24) is 4.72 Å². The van der Waals surface area contributed by atoms with Crippen LogP contribution in [0.3, 0.4) is 0 Å². The minimum Gasteiger partial charge on any atom is -0.457 e. The molecule has 0 aliphatic carbocycles. The van der Waals surface area contributed by atoms with Crippen LogP contribution in [0, 0.1) is 12.3 Å². The molecule has 0 unspecified atom stereocenters. The zero-order chi connectivity index (χ0) is 17.0. The van der Waals surface area contributed by atoms with Gasteiger partial charge in [0.25, 0.3) is 0 Å². The Kier molecular flexibility index (Phi) is 5.85. The molecule has 1 aromatic carbocycles. The Morgan fingerprint density at radius 1 is 1.14 bits per heavy atom. The van der Waals surface area contributed by atoms with E-state index in [1.54, 1.807) is 32.9 Å². The number of nitrogens with one attached hydrogen (secondary N) is 1. The van der Waals surface area contributed by atoms with E-state index in [0.717, 1.165) is 5.56 Å². The number of esters is 1. The summed E-state index contributed by atoms with van der Waals surface area (Å²) in [5, 5.41) is 0. The van der Waals surface area contributed by atoms with Gasteiger partial charge in [0.2, 0.25) is 10.0 Å². The molecule has 1 N–H and O–H groups in total. The van der Waals surface area contributed by atoms with E-state index in [9.17, 15) is 18.0 Å². The van der Waals surface area contributed by atoms with E-state index in [4.69, 9.17) is 4.74 Å². The van der Waals surface area contributed by atoms with Crippen molar-refractivity contribution in [1.29, 1.82) is 0 Å². The first kappa shape index (κ1) is 18.3. The Labute approximate surface area is 130 Å². The lowest BCUT2D eigenvalue weighted by molar-refractivity contribution is -0.148. The molecule has 0 bridgehead atoms. The van der Waals surface area contributed by atoms with Crippen LogP contribution < -0.4 is 4.72 Å². The summed E-state index contributed by atoms with van der Waals surface area (Å²) in [5.74, 6) is -1.03. The van der Waals surface area contributed by atoms with Gasteiger partial charge in [-0.1, -0.05) is 38.5 Å². The van der Waals surface area contributed by atoms with Crippen molar-refractivity contribution in [3.8, 4) is 0 Å². The first-order valence-electron chi connectivity index (χ1n) is 6.77. The number of hydrogen-bond donors (Lipinski definition) is 1. The molecule has 0 fully saturated rings. The lowest BCUT2D eigenvalue weighted by Gasteiger charge is -2.16. The smallest absolute Gasteiger partial charge is 0.321 e. The van der Waals surface area contributed by atoms with Gasteiger partial charge < -0.3 is 4.74 Å². The molecule has 0 atom stereocenters. The number of rotatable bonds is 6. The fraction of sp³-hybridized carbons (Fsp3) is 0.467. The lowest BCUT2D eigenvalue weighted by atomic mass is 9.91. The predicted octanol–water partition coefficient (Wildman–Crippen LogP) is 1.43. The van der Waals surface area contributed by atoms with E-state index in [1.807, 2.05) is 6.92 Å². The third-order valence-electron chi connectivity index (χ3n) is 2.94. The lowest BCUT2D eigenvalue weighted by Crippen LogP contribution is -2.33. The molecule has 0 radical (unpaired) electrons. The molecule has 0 aliphatic heterocycles. The maximum absolute atomic E-state index is 12.0. The van der Waals surface area contributed by atoms with Crippen molar-refractivity contribution < 1.29 is 22.7 Å². The standard InChI is InChI=1S/C15H21NO5S/c1-11-5-7-12(8-6-11)22(19,20)16-9-14(18)21-10-13(17)15(2,3)4/h5-8,16H,9-10H2,1-4H3. The van der Waals surface area contributed by atoms with Gasteiger partial charge in [-0.3, -0.25) is 9.59 Å². The highest BCUT2D eigenvalue weighted by atomic mass is 32.2. The van der Waals surface area contributed by atoms with Gasteiger partial charge in [0, 0.05) is 5.41 Å². The molecule has 122 valence electrons. The zero-order valence-corrected chi connectivity index (χ0v) is 14.0. The number of benzene rings is 1. The maximum atomic E-state index is 12.0. The van der Waals surface area contributed by atoms with Crippen LogP contribution in [0.15, 0.2) is 29.2 Å². The normalized spacial score (nSPS) is 12.0. The Bertz CT molecular complexity index is 642. The number of ether oxygens (including phenoxy) is 1. The number of Topliss-reactive ketones (excluding diaryl/α,β-unsaturated/α-hetero) is 1. The van der Waals surface area contributed by atoms with E-state index in [0.29, 0.717) is 0 Å². The Morgan fingerprint density at radius 3 is 2.18 bits per heavy atom. The minimum atomic E-state index is -3.77. The molecule has 0 amide bonds. The van der Waals surface area contributed by atoms with Crippen LogP contribution in [-0.2, 0) is 24.3 Å². The van der Waals surface area contributed by atoms with Crippen LogP contribution in [0.1, 0.15) is 26.3 Å². The Morgan fingerprint density at radius 2 is 1.68 bits per heavy atom. The average molecular weight is 327 g/mol. The van der Waals surface area contributed by atoms with Crippen molar-refractivity contribution in [2.24, 2.45) is 5.41 Å². The van der Waals surface area contributed by atoms with Crippen LogP contribution in [-0.4, -0.2) is 33.3 Å². The number of sulfonamides is 1. The molecule has 0 spiro atoms. The van der Waals surface area contributed by atoms with Crippen molar-refractivity contribution in [3.63, 3.8) is 0 Å². The van der Waals surface area contributed by atoms with Gasteiger partial charge in [-0.15, -0.1) is 0 Å². The van der Waals surface area contributed by atoms with Gasteiger partial charge in [0.15, 0.2) is 12.4 Å². The van der Waals surface area contributed by atoms with Gasteiger partial charge in [0.05, 0.1) is 4.90 Å². The second-order valence-electron chi connectivity index (χ2n) is 5.97. The molecule has 1 rings (SSSR count). The monoisotopic (exact) mass is 327 g/mol. The molecule has 22 heavy (non-hydrogen) atoms. The van der Waals surface area contributed by atoms with Gasteiger partial charge in [0.1, 0.15) is 6.54 Å². The third kappa shape index (κ3) is 5.57. The number of ketones is 1. The molecule has 0 heterocycles. The van der Waals surface area contributed by atoms with Crippen LogP contribution >= 0.6 is 0 Å². The maximum Gasteiger partial charge on any atom is 0.321 e. The number of aryl methyl sites for hydroxylation is 1.